The van der Waals surface area contributed by atoms with E-state index in [4.69, 9.17) is 9.47 Å². The minimum atomic E-state index is 0. The summed E-state index contributed by atoms with van der Waals surface area (Å²) in [7, 11) is 3.24. The summed E-state index contributed by atoms with van der Waals surface area (Å²) in [6, 6.07) is 5.79. The van der Waals surface area contributed by atoms with Crippen LogP contribution >= 0.6 is 12.4 Å². The first-order valence-corrected chi connectivity index (χ1v) is 7.81. The molecular weight excluding hydrogens is 316 g/mol. The molecule has 1 aromatic rings. The molecule has 0 spiro atoms. The fraction of sp³-hybridized carbons (Fsp3) is 0.588. The van der Waals surface area contributed by atoms with Crippen molar-refractivity contribution in [2.45, 2.75) is 20.4 Å². The Labute approximate surface area is 144 Å². The SMILES string of the molecule is CCN(Cc1ccc(OC)c(OC)c1)C(=O)C(C)C1CNC1.Cl. The van der Waals surface area contributed by atoms with E-state index in [1.807, 2.05) is 36.9 Å². The monoisotopic (exact) mass is 342 g/mol. The average molecular weight is 343 g/mol. The van der Waals surface area contributed by atoms with Gasteiger partial charge in [-0.05, 0) is 43.6 Å². The third-order valence-corrected chi connectivity index (χ3v) is 4.42. The van der Waals surface area contributed by atoms with Gasteiger partial charge in [0.05, 0.1) is 14.2 Å². The third kappa shape index (κ3) is 4.52. The molecule has 1 fully saturated rings. The highest BCUT2D eigenvalue weighted by Crippen LogP contribution is 2.28. The molecule has 6 heteroatoms. The van der Waals surface area contributed by atoms with Crippen LogP contribution in [0.4, 0.5) is 0 Å². The van der Waals surface area contributed by atoms with E-state index in [9.17, 15) is 4.79 Å². The van der Waals surface area contributed by atoms with Gasteiger partial charge in [-0.3, -0.25) is 4.79 Å². The summed E-state index contributed by atoms with van der Waals surface area (Å²) in [5.74, 6) is 2.16. The number of nitrogens with zero attached hydrogens (tertiary/aromatic N) is 1. The molecule has 1 saturated heterocycles. The second kappa shape index (κ2) is 8.99. The Kier molecular flexibility index (Phi) is 7.65. The van der Waals surface area contributed by atoms with Gasteiger partial charge in [-0.2, -0.15) is 0 Å². The van der Waals surface area contributed by atoms with Gasteiger partial charge in [0, 0.05) is 19.0 Å². The van der Waals surface area contributed by atoms with Crippen molar-refractivity contribution in [1.29, 1.82) is 0 Å². The molecule has 1 atom stereocenters. The summed E-state index contributed by atoms with van der Waals surface area (Å²) < 4.78 is 10.6. The van der Waals surface area contributed by atoms with Crippen molar-refractivity contribution >= 4 is 18.3 Å². The number of benzene rings is 1. The van der Waals surface area contributed by atoms with Crippen LogP contribution in [0, 0.1) is 11.8 Å². The molecule has 0 saturated carbocycles. The standard InChI is InChI=1S/C17H26N2O3.ClH/c1-5-19(17(20)12(2)14-9-18-10-14)11-13-6-7-15(21-3)16(8-13)22-4;/h6-8,12,14,18H,5,9-11H2,1-4H3;1H. The molecule has 1 unspecified atom stereocenters. The molecule has 0 bridgehead atoms. The lowest BCUT2D eigenvalue weighted by Gasteiger charge is -2.34. The van der Waals surface area contributed by atoms with Crippen molar-refractivity contribution < 1.29 is 14.3 Å². The van der Waals surface area contributed by atoms with Crippen LogP contribution in [0.3, 0.4) is 0 Å². The van der Waals surface area contributed by atoms with E-state index in [1.165, 1.54) is 0 Å². The first kappa shape index (κ1) is 19.6. The zero-order chi connectivity index (χ0) is 16.1. The van der Waals surface area contributed by atoms with Crippen LogP contribution in [0.15, 0.2) is 18.2 Å². The lowest BCUT2D eigenvalue weighted by Crippen LogP contribution is -2.50. The quantitative estimate of drug-likeness (QED) is 0.826. The van der Waals surface area contributed by atoms with Crippen LogP contribution < -0.4 is 14.8 Å². The van der Waals surface area contributed by atoms with Crippen molar-refractivity contribution in [3.63, 3.8) is 0 Å². The van der Waals surface area contributed by atoms with Crippen molar-refractivity contribution in [2.24, 2.45) is 11.8 Å². The van der Waals surface area contributed by atoms with Crippen molar-refractivity contribution in [3.8, 4) is 11.5 Å². The summed E-state index contributed by atoms with van der Waals surface area (Å²) in [6.07, 6.45) is 0. The average Bonchev–Trinajstić information content (AvgIpc) is 2.49. The van der Waals surface area contributed by atoms with E-state index in [2.05, 4.69) is 5.32 Å². The van der Waals surface area contributed by atoms with E-state index >= 15 is 0 Å². The Balaban J connectivity index is 0.00000264. The van der Waals surface area contributed by atoms with Crippen molar-refractivity contribution in [2.75, 3.05) is 33.9 Å². The van der Waals surface area contributed by atoms with Gasteiger partial charge in [-0.15, -0.1) is 12.4 Å². The molecule has 1 amide bonds. The maximum absolute atomic E-state index is 12.6. The second-order valence-corrected chi connectivity index (χ2v) is 5.75. The molecule has 1 N–H and O–H groups in total. The van der Waals surface area contributed by atoms with Crippen LogP contribution in [0.2, 0.25) is 0 Å². The van der Waals surface area contributed by atoms with E-state index < -0.39 is 0 Å². The van der Waals surface area contributed by atoms with E-state index in [0.29, 0.717) is 30.5 Å². The number of rotatable bonds is 7. The van der Waals surface area contributed by atoms with Crippen LogP contribution in [-0.2, 0) is 11.3 Å². The first-order chi connectivity index (χ1) is 10.6. The molecule has 1 aromatic carbocycles. The summed E-state index contributed by atoms with van der Waals surface area (Å²) >= 11 is 0. The predicted molar refractivity (Wildman–Crippen MR) is 93.4 cm³/mol. The smallest absolute Gasteiger partial charge is 0.226 e. The number of carbonyl (C=O) groups excluding carboxylic acids is 1. The highest BCUT2D eigenvalue weighted by Gasteiger charge is 2.31. The zero-order valence-electron chi connectivity index (χ0n) is 14.3. The van der Waals surface area contributed by atoms with Gasteiger partial charge in [-0.1, -0.05) is 13.0 Å². The highest BCUT2D eigenvalue weighted by molar-refractivity contribution is 5.85. The van der Waals surface area contributed by atoms with E-state index in [-0.39, 0.29) is 24.2 Å². The van der Waals surface area contributed by atoms with Gasteiger partial charge in [0.1, 0.15) is 0 Å². The minimum absolute atomic E-state index is 0. The summed E-state index contributed by atoms with van der Waals surface area (Å²) in [5, 5.41) is 3.23. The van der Waals surface area contributed by atoms with Gasteiger partial charge < -0.3 is 19.7 Å². The summed E-state index contributed by atoms with van der Waals surface area (Å²) in [5.41, 5.74) is 1.05. The summed E-state index contributed by atoms with van der Waals surface area (Å²) in [6.45, 7) is 7.25. The molecule has 2 rings (SSSR count). The maximum atomic E-state index is 12.6. The molecule has 5 nitrogen and oxygen atoms in total. The molecule has 1 aliphatic rings. The number of methoxy groups -OCH3 is 2. The van der Waals surface area contributed by atoms with E-state index in [1.54, 1.807) is 14.2 Å². The number of ether oxygens (including phenoxy) is 2. The van der Waals surface area contributed by atoms with Gasteiger partial charge in [-0.25, -0.2) is 0 Å². The topological polar surface area (TPSA) is 50.8 Å². The van der Waals surface area contributed by atoms with Crippen molar-refractivity contribution in [1.82, 2.24) is 10.2 Å². The third-order valence-electron chi connectivity index (χ3n) is 4.42. The zero-order valence-corrected chi connectivity index (χ0v) is 15.1. The van der Waals surface area contributed by atoms with Crippen LogP contribution in [0.1, 0.15) is 19.4 Å². The lowest BCUT2D eigenvalue weighted by molar-refractivity contribution is -0.137. The van der Waals surface area contributed by atoms with Crippen molar-refractivity contribution in [3.05, 3.63) is 23.8 Å². The minimum Gasteiger partial charge on any atom is -0.493 e. The Morgan fingerprint density at radius 3 is 2.43 bits per heavy atom. The number of halogens is 1. The van der Waals surface area contributed by atoms with Crippen LogP contribution in [0.25, 0.3) is 0 Å². The number of hydrogen-bond donors (Lipinski definition) is 1. The van der Waals surface area contributed by atoms with Gasteiger partial charge >= 0.3 is 0 Å². The maximum Gasteiger partial charge on any atom is 0.226 e. The molecule has 0 aromatic heterocycles. The molecular formula is C17H27ClN2O3. The number of hydrogen-bond acceptors (Lipinski definition) is 4. The van der Waals surface area contributed by atoms with Gasteiger partial charge in [0.2, 0.25) is 5.91 Å². The predicted octanol–water partition coefficient (Wildman–Crippen LogP) is 2.33. The second-order valence-electron chi connectivity index (χ2n) is 5.75. The fourth-order valence-electron chi connectivity index (χ4n) is 2.70. The molecule has 130 valence electrons. The lowest BCUT2D eigenvalue weighted by atomic mass is 9.88. The largest absolute Gasteiger partial charge is 0.493 e. The number of carbonyl (C=O) groups is 1. The number of amides is 1. The van der Waals surface area contributed by atoms with Gasteiger partial charge in [0.15, 0.2) is 11.5 Å². The first-order valence-electron chi connectivity index (χ1n) is 7.81. The molecule has 0 radical (unpaired) electrons. The molecule has 1 aliphatic heterocycles. The number of nitrogens with one attached hydrogen (secondary N) is 1. The Bertz CT molecular complexity index is 521. The fourth-order valence-corrected chi connectivity index (χ4v) is 2.70. The highest BCUT2D eigenvalue weighted by atomic mass is 35.5. The Morgan fingerprint density at radius 2 is 1.96 bits per heavy atom. The Hall–Kier alpha value is -1.46. The van der Waals surface area contributed by atoms with Crippen LogP contribution in [0.5, 0.6) is 11.5 Å². The van der Waals surface area contributed by atoms with E-state index in [0.717, 1.165) is 18.7 Å². The van der Waals surface area contributed by atoms with Gasteiger partial charge in [0.25, 0.3) is 0 Å². The summed E-state index contributed by atoms with van der Waals surface area (Å²) in [4.78, 5) is 14.5. The molecule has 23 heavy (non-hydrogen) atoms. The molecule has 0 aliphatic carbocycles. The molecule has 1 heterocycles. The normalized spacial score (nSPS) is 15.1. The Morgan fingerprint density at radius 1 is 1.30 bits per heavy atom. The van der Waals surface area contributed by atoms with Crippen LogP contribution in [-0.4, -0.2) is 44.7 Å².